The average molecular weight is 362 g/mol. The molecule has 2 N–H and O–H groups in total. The Bertz CT molecular complexity index is 705. The number of amides is 2. The quantitative estimate of drug-likeness (QED) is 0.752. The molecule has 1 heterocycles. The molecule has 0 aliphatic carbocycles. The topological polar surface area (TPSA) is 93.2 Å². The van der Waals surface area contributed by atoms with Gasteiger partial charge in [0.2, 0.25) is 16.9 Å². The molecule has 2 rings (SSSR count). The van der Waals surface area contributed by atoms with Gasteiger partial charge in [-0.05, 0) is 5.92 Å². The van der Waals surface area contributed by atoms with Crippen molar-refractivity contribution in [3.05, 3.63) is 30.3 Å². The van der Waals surface area contributed by atoms with Crippen molar-refractivity contribution >= 4 is 28.3 Å². The van der Waals surface area contributed by atoms with E-state index in [1.165, 1.54) is 18.4 Å². The number of nitrogens with one attached hydrogen (secondary N) is 2. The second kappa shape index (κ2) is 9.24. The molecule has 2 unspecified atom stereocenters. The number of rotatable bonds is 8. The summed E-state index contributed by atoms with van der Waals surface area (Å²) in [6, 6.07) is 8.96. The van der Waals surface area contributed by atoms with Crippen LogP contribution in [-0.2, 0) is 14.3 Å². The predicted octanol–water partition coefficient (Wildman–Crippen LogP) is 2.32. The molecule has 25 heavy (non-hydrogen) atoms. The fourth-order valence-electron chi connectivity index (χ4n) is 2.20. The minimum Gasteiger partial charge on any atom is -0.375 e. The second-order valence-corrected chi connectivity index (χ2v) is 6.61. The highest BCUT2D eigenvalue weighted by Gasteiger charge is 2.26. The van der Waals surface area contributed by atoms with Crippen LogP contribution in [0.15, 0.2) is 30.3 Å². The highest BCUT2D eigenvalue weighted by Crippen LogP contribution is 2.26. The predicted molar refractivity (Wildman–Crippen MR) is 97.2 cm³/mol. The first-order valence-electron chi connectivity index (χ1n) is 8.03. The summed E-state index contributed by atoms with van der Waals surface area (Å²) in [6.45, 7) is 3.79. The molecule has 0 spiro atoms. The maximum Gasteiger partial charge on any atom is 0.249 e. The molecule has 1 aromatic heterocycles. The smallest absolute Gasteiger partial charge is 0.249 e. The van der Waals surface area contributed by atoms with Crippen molar-refractivity contribution in [2.75, 3.05) is 19.0 Å². The Morgan fingerprint density at radius 1 is 1.24 bits per heavy atom. The zero-order chi connectivity index (χ0) is 18.2. The van der Waals surface area contributed by atoms with Crippen LogP contribution in [0.4, 0.5) is 5.13 Å². The third-order valence-electron chi connectivity index (χ3n) is 3.76. The maximum atomic E-state index is 12.6. The number of benzene rings is 1. The fraction of sp³-hybridized carbons (Fsp3) is 0.412. The van der Waals surface area contributed by atoms with Gasteiger partial charge in [0, 0.05) is 12.7 Å². The minimum absolute atomic E-state index is 0.0256. The third kappa shape index (κ3) is 5.33. The normalized spacial score (nSPS) is 13.1. The number of nitrogens with zero attached hydrogens (tertiary/aromatic N) is 2. The fourth-order valence-corrected chi connectivity index (χ4v) is 2.95. The van der Waals surface area contributed by atoms with Crippen molar-refractivity contribution in [3.8, 4) is 10.6 Å². The van der Waals surface area contributed by atoms with Crippen LogP contribution in [0.25, 0.3) is 10.6 Å². The summed E-state index contributed by atoms with van der Waals surface area (Å²) in [7, 11) is 1.43. The van der Waals surface area contributed by atoms with E-state index in [0.717, 1.165) is 17.0 Å². The molecular formula is C17H22N4O3S. The van der Waals surface area contributed by atoms with Crippen LogP contribution in [0.3, 0.4) is 0 Å². The number of carbonyl (C=O) groups excluding carboxylic acids is 2. The lowest BCUT2D eigenvalue weighted by Gasteiger charge is -2.22. The van der Waals surface area contributed by atoms with E-state index in [1.807, 2.05) is 44.2 Å². The number of hydrogen-bond donors (Lipinski definition) is 2. The van der Waals surface area contributed by atoms with Gasteiger partial charge in [0.1, 0.15) is 17.7 Å². The molecule has 0 bridgehead atoms. The van der Waals surface area contributed by atoms with Gasteiger partial charge in [-0.3, -0.25) is 14.9 Å². The lowest BCUT2D eigenvalue weighted by atomic mass is 9.98. The second-order valence-electron chi connectivity index (χ2n) is 5.63. The zero-order valence-corrected chi connectivity index (χ0v) is 15.3. The summed E-state index contributed by atoms with van der Waals surface area (Å²) < 4.78 is 4.80. The van der Waals surface area contributed by atoms with Gasteiger partial charge in [-0.1, -0.05) is 61.9 Å². The van der Waals surface area contributed by atoms with Crippen molar-refractivity contribution in [2.45, 2.75) is 26.3 Å². The molecule has 0 aliphatic rings. The Morgan fingerprint density at radius 3 is 2.60 bits per heavy atom. The van der Waals surface area contributed by atoms with Crippen molar-refractivity contribution in [3.63, 3.8) is 0 Å². The van der Waals surface area contributed by atoms with Gasteiger partial charge in [-0.25, -0.2) is 0 Å². The van der Waals surface area contributed by atoms with Crippen LogP contribution < -0.4 is 10.6 Å². The van der Waals surface area contributed by atoms with Crippen molar-refractivity contribution in [1.82, 2.24) is 15.5 Å². The van der Waals surface area contributed by atoms with E-state index in [0.29, 0.717) is 5.13 Å². The minimum atomic E-state index is -0.656. The molecule has 2 amide bonds. The molecule has 7 nitrogen and oxygen atoms in total. The highest BCUT2D eigenvalue weighted by molar-refractivity contribution is 7.18. The van der Waals surface area contributed by atoms with Gasteiger partial charge in [0.15, 0.2) is 0 Å². The van der Waals surface area contributed by atoms with Gasteiger partial charge in [-0.2, -0.15) is 0 Å². The molecule has 0 saturated carbocycles. The summed E-state index contributed by atoms with van der Waals surface area (Å²) in [5.41, 5.74) is 0.937. The van der Waals surface area contributed by atoms with E-state index >= 15 is 0 Å². The maximum absolute atomic E-state index is 12.6. The molecule has 0 fully saturated rings. The van der Waals surface area contributed by atoms with Crippen molar-refractivity contribution < 1.29 is 14.3 Å². The summed E-state index contributed by atoms with van der Waals surface area (Å²) in [5.74, 6) is -0.665. The van der Waals surface area contributed by atoms with Gasteiger partial charge < -0.3 is 10.1 Å². The largest absolute Gasteiger partial charge is 0.375 e. The summed E-state index contributed by atoms with van der Waals surface area (Å²) in [6.07, 6.45) is 0.747. The molecule has 2 atom stereocenters. The van der Waals surface area contributed by atoms with E-state index < -0.39 is 6.04 Å². The lowest BCUT2D eigenvalue weighted by Crippen LogP contribution is -2.48. The van der Waals surface area contributed by atoms with Gasteiger partial charge in [0.05, 0.1) is 0 Å². The Morgan fingerprint density at radius 2 is 1.96 bits per heavy atom. The summed E-state index contributed by atoms with van der Waals surface area (Å²) in [4.78, 5) is 24.3. The Kier molecular flexibility index (Phi) is 7.03. The lowest BCUT2D eigenvalue weighted by molar-refractivity contribution is -0.130. The van der Waals surface area contributed by atoms with Crippen molar-refractivity contribution in [2.24, 2.45) is 5.92 Å². The monoisotopic (exact) mass is 362 g/mol. The first kappa shape index (κ1) is 19.0. The molecule has 134 valence electrons. The Labute approximate surface area is 150 Å². The number of ether oxygens (including phenoxy) is 1. The number of aromatic nitrogens is 2. The van der Waals surface area contributed by atoms with Crippen LogP contribution in [0.1, 0.15) is 20.3 Å². The van der Waals surface area contributed by atoms with E-state index in [-0.39, 0.29) is 24.3 Å². The average Bonchev–Trinajstić information content (AvgIpc) is 3.08. The number of methoxy groups -OCH3 is 1. The van der Waals surface area contributed by atoms with Gasteiger partial charge >= 0.3 is 0 Å². The van der Waals surface area contributed by atoms with Crippen molar-refractivity contribution in [1.29, 1.82) is 0 Å². The van der Waals surface area contributed by atoms with Crippen LogP contribution >= 0.6 is 11.3 Å². The molecule has 0 radical (unpaired) electrons. The number of hydrogen-bond acceptors (Lipinski definition) is 6. The first-order chi connectivity index (χ1) is 12.0. The van der Waals surface area contributed by atoms with Gasteiger partial charge in [0.25, 0.3) is 0 Å². The van der Waals surface area contributed by atoms with Crippen LogP contribution in [0.5, 0.6) is 0 Å². The zero-order valence-electron chi connectivity index (χ0n) is 14.5. The standard InChI is InChI=1S/C17H22N4O3S/c1-4-11(2)14(18-13(22)10-24-3)15(23)19-17-21-20-16(25-17)12-8-6-5-7-9-12/h5-9,11,14H,4,10H2,1-3H3,(H,18,22)(H,19,21,23). The van der Waals surface area contributed by atoms with Crippen LogP contribution in [0, 0.1) is 5.92 Å². The third-order valence-corrected chi connectivity index (χ3v) is 4.65. The molecular weight excluding hydrogens is 340 g/mol. The van der Waals surface area contributed by atoms with Crippen LogP contribution in [0.2, 0.25) is 0 Å². The molecule has 8 heteroatoms. The summed E-state index contributed by atoms with van der Waals surface area (Å²) >= 11 is 1.29. The Hall–Kier alpha value is -2.32. The molecule has 0 saturated heterocycles. The Balaban J connectivity index is 2.07. The van der Waals surface area contributed by atoms with E-state index in [9.17, 15) is 9.59 Å². The number of anilines is 1. The number of carbonyl (C=O) groups is 2. The highest BCUT2D eigenvalue weighted by atomic mass is 32.1. The molecule has 1 aromatic carbocycles. The van der Waals surface area contributed by atoms with E-state index in [2.05, 4.69) is 20.8 Å². The SMILES string of the molecule is CCC(C)C(NC(=O)COC)C(=O)Nc1nnc(-c2ccccc2)s1. The molecule has 0 aliphatic heterocycles. The summed E-state index contributed by atoms with van der Waals surface area (Å²) in [5, 5.41) is 14.7. The van der Waals surface area contributed by atoms with E-state index in [1.54, 1.807) is 0 Å². The van der Waals surface area contributed by atoms with Gasteiger partial charge in [-0.15, -0.1) is 10.2 Å². The molecule has 2 aromatic rings. The van der Waals surface area contributed by atoms with E-state index in [4.69, 9.17) is 4.74 Å². The first-order valence-corrected chi connectivity index (χ1v) is 8.84. The van der Waals surface area contributed by atoms with Crippen LogP contribution in [-0.4, -0.2) is 41.8 Å².